The van der Waals surface area contributed by atoms with E-state index in [9.17, 15) is 18.0 Å². The Hall–Kier alpha value is -2.39. The van der Waals surface area contributed by atoms with Crippen LogP contribution in [0, 0.1) is 17.8 Å². The molecule has 1 saturated heterocycles. The number of piperidine rings is 1. The Kier molecular flexibility index (Phi) is 6.04. The van der Waals surface area contributed by atoms with Crippen LogP contribution in [0.1, 0.15) is 21.6 Å². The van der Waals surface area contributed by atoms with Gasteiger partial charge in [-0.3, -0.25) is 0 Å². The van der Waals surface area contributed by atoms with Gasteiger partial charge in [0.25, 0.3) is 0 Å². The summed E-state index contributed by atoms with van der Waals surface area (Å²) < 4.78 is 39.9. The van der Waals surface area contributed by atoms with Crippen LogP contribution < -0.4 is 5.32 Å². The fourth-order valence-corrected chi connectivity index (χ4v) is 3.61. The average Bonchev–Trinajstić information content (AvgIpc) is 3.01. The van der Waals surface area contributed by atoms with Crippen LogP contribution >= 0.6 is 0 Å². The van der Waals surface area contributed by atoms with E-state index in [1.807, 2.05) is 0 Å². The first-order valence-corrected chi connectivity index (χ1v) is 8.97. The number of rotatable bonds is 5. The van der Waals surface area contributed by atoms with Gasteiger partial charge in [0, 0.05) is 13.2 Å². The number of aromatic nitrogens is 2. The molecule has 1 aromatic heterocycles. The number of aryl methyl sites for hydroxylation is 1. The number of fused-ring (bicyclic) bond motifs is 1. The number of imidazole rings is 1. The number of halogens is 3. The van der Waals surface area contributed by atoms with Gasteiger partial charge in [-0.2, -0.15) is 13.2 Å². The van der Waals surface area contributed by atoms with Crippen LogP contribution in [0.15, 0.2) is 36.8 Å². The van der Waals surface area contributed by atoms with Crippen molar-refractivity contribution in [2.75, 3.05) is 19.6 Å². The molecule has 2 N–H and O–H groups in total. The number of carboxylic acid groups (broad SMARTS) is 1. The molecule has 1 aliphatic carbocycles. The summed E-state index contributed by atoms with van der Waals surface area (Å²) in [6.45, 7) is 2.95. The van der Waals surface area contributed by atoms with Crippen molar-refractivity contribution in [1.29, 1.82) is 0 Å². The molecule has 28 heavy (non-hydrogen) atoms. The standard InChI is InChI=1S/C14H16F3N2.C5H6N2O2/c15-14(16,17)13-4-2-1-3-9(13)5-18-6-10-11-7-19-8-12(10)11;1-7-2-4(5(8)9)6-3-7/h1-4,10-12,19H,5-8H2;2-3H,1H3,(H,8,9)/q-1;. The third-order valence-electron chi connectivity index (χ3n) is 5.14. The van der Waals surface area contributed by atoms with E-state index in [0.29, 0.717) is 24.3 Å². The number of carboxylic acids is 1. The zero-order chi connectivity index (χ0) is 20.3. The van der Waals surface area contributed by atoms with Crippen LogP contribution in [0.4, 0.5) is 13.2 Å². The van der Waals surface area contributed by atoms with Crippen LogP contribution in [-0.4, -0.2) is 40.3 Å². The molecule has 1 aliphatic heterocycles. The van der Waals surface area contributed by atoms with Gasteiger partial charge in [-0.05, 0) is 31.0 Å². The maximum Gasteiger partial charge on any atom is 0.416 e. The molecule has 9 heteroatoms. The summed E-state index contributed by atoms with van der Waals surface area (Å²) in [6.07, 6.45) is -1.39. The summed E-state index contributed by atoms with van der Waals surface area (Å²) in [6, 6.07) is 5.70. The highest BCUT2D eigenvalue weighted by Gasteiger charge is 2.50. The zero-order valence-electron chi connectivity index (χ0n) is 15.4. The zero-order valence-corrected chi connectivity index (χ0v) is 15.4. The van der Waals surface area contributed by atoms with Crippen molar-refractivity contribution < 1.29 is 23.1 Å². The Bertz CT molecular complexity index is 812. The van der Waals surface area contributed by atoms with Crippen LogP contribution in [-0.2, 0) is 19.8 Å². The highest BCUT2D eigenvalue weighted by atomic mass is 19.4. The molecular weight excluding hydrogens is 373 g/mol. The molecule has 1 aromatic carbocycles. The molecule has 1 saturated carbocycles. The van der Waals surface area contributed by atoms with Gasteiger partial charge in [-0.1, -0.05) is 29.7 Å². The van der Waals surface area contributed by atoms with Gasteiger partial charge in [-0.15, -0.1) is 13.1 Å². The van der Waals surface area contributed by atoms with Crippen molar-refractivity contribution in [3.8, 4) is 0 Å². The predicted octanol–water partition coefficient (Wildman–Crippen LogP) is 3.16. The lowest BCUT2D eigenvalue weighted by Gasteiger charge is -2.23. The van der Waals surface area contributed by atoms with Crippen molar-refractivity contribution in [2.45, 2.75) is 12.7 Å². The topological polar surface area (TPSA) is 81.2 Å². The summed E-state index contributed by atoms with van der Waals surface area (Å²) in [5.41, 5.74) is -0.201. The lowest BCUT2D eigenvalue weighted by atomic mass is 10.1. The van der Waals surface area contributed by atoms with Crippen LogP contribution in [0.5, 0.6) is 0 Å². The maximum absolute atomic E-state index is 12.8. The average molecular weight is 395 g/mol. The first-order valence-electron chi connectivity index (χ1n) is 8.97. The van der Waals surface area contributed by atoms with Crippen molar-refractivity contribution in [3.63, 3.8) is 0 Å². The Labute approximate surface area is 160 Å². The molecular formula is C19H22F3N4O2-. The number of nitrogens with one attached hydrogen (secondary N) is 1. The molecule has 0 spiro atoms. The van der Waals surface area contributed by atoms with Crippen LogP contribution in [0.25, 0.3) is 5.32 Å². The van der Waals surface area contributed by atoms with Crippen molar-refractivity contribution in [2.24, 2.45) is 24.8 Å². The van der Waals surface area contributed by atoms with E-state index in [4.69, 9.17) is 5.11 Å². The summed E-state index contributed by atoms with van der Waals surface area (Å²) in [4.78, 5) is 13.7. The molecule has 2 aliphatic rings. The van der Waals surface area contributed by atoms with E-state index in [1.54, 1.807) is 17.7 Å². The Morgan fingerprint density at radius 2 is 2.00 bits per heavy atom. The van der Waals surface area contributed by atoms with Gasteiger partial charge in [0.05, 0.1) is 11.9 Å². The Morgan fingerprint density at radius 1 is 1.32 bits per heavy atom. The molecule has 2 heterocycles. The van der Waals surface area contributed by atoms with Crippen molar-refractivity contribution >= 4 is 5.97 Å². The molecule has 4 rings (SSSR count). The molecule has 2 fully saturated rings. The lowest BCUT2D eigenvalue weighted by Crippen LogP contribution is -2.16. The summed E-state index contributed by atoms with van der Waals surface area (Å²) in [5.74, 6) is 1.03. The quantitative estimate of drug-likeness (QED) is 0.815. The van der Waals surface area contributed by atoms with Gasteiger partial charge < -0.3 is 20.3 Å². The van der Waals surface area contributed by atoms with E-state index >= 15 is 0 Å². The third kappa shape index (κ3) is 4.90. The molecule has 0 radical (unpaired) electrons. The minimum atomic E-state index is -4.29. The van der Waals surface area contributed by atoms with E-state index in [1.165, 1.54) is 24.7 Å². The van der Waals surface area contributed by atoms with E-state index in [0.717, 1.165) is 19.2 Å². The number of hydrogen-bond donors (Lipinski definition) is 2. The largest absolute Gasteiger partial charge is 0.658 e. The molecule has 2 aromatic rings. The molecule has 152 valence electrons. The van der Waals surface area contributed by atoms with Gasteiger partial charge in [0.2, 0.25) is 0 Å². The third-order valence-corrected chi connectivity index (χ3v) is 5.14. The number of aromatic carboxylic acids is 1. The van der Waals surface area contributed by atoms with Gasteiger partial charge in [-0.25, -0.2) is 9.78 Å². The van der Waals surface area contributed by atoms with Crippen molar-refractivity contribution in [1.82, 2.24) is 14.9 Å². The number of carbonyl (C=O) groups is 1. The van der Waals surface area contributed by atoms with Crippen molar-refractivity contribution in [3.05, 3.63) is 58.9 Å². The second-order valence-electron chi connectivity index (χ2n) is 7.10. The molecule has 6 nitrogen and oxygen atoms in total. The highest BCUT2D eigenvalue weighted by molar-refractivity contribution is 5.84. The first kappa shape index (κ1) is 20.3. The number of hydrogen-bond acceptors (Lipinski definition) is 3. The minimum absolute atomic E-state index is 0.0810. The maximum atomic E-state index is 12.8. The second kappa shape index (κ2) is 8.32. The SMILES string of the molecule is Cn1cnc(C(=O)O)c1.FC(F)(F)c1ccccc1C[N-]CC1C2CNCC12. The van der Waals surface area contributed by atoms with E-state index < -0.39 is 17.7 Å². The van der Waals surface area contributed by atoms with Gasteiger partial charge in [0.1, 0.15) is 0 Å². The van der Waals surface area contributed by atoms with E-state index in [2.05, 4.69) is 15.6 Å². The number of alkyl halides is 3. The van der Waals surface area contributed by atoms with E-state index in [-0.39, 0.29) is 17.8 Å². The summed E-state index contributed by atoms with van der Waals surface area (Å²) in [5, 5.41) is 16.0. The minimum Gasteiger partial charge on any atom is -0.658 e. The molecule has 2 unspecified atom stereocenters. The van der Waals surface area contributed by atoms with Crippen LogP contribution in [0.2, 0.25) is 0 Å². The number of nitrogens with zero attached hydrogens (tertiary/aromatic N) is 3. The van der Waals surface area contributed by atoms with Crippen LogP contribution in [0.3, 0.4) is 0 Å². The fourth-order valence-electron chi connectivity index (χ4n) is 3.61. The fraction of sp³-hybridized carbons (Fsp3) is 0.474. The number of benzene rings is 1. The first-order chi connectivity index (χ1) is 13.3. The Morgan fingerprint density at radius 3 is 2.54 bits per heavy atom. The molecule has 0 amide bonds. The molecule has 2 atom stereocenters. The van der Waals surface area contributed by atoms with Gasteiger partial charge >= 0.3 is 12.1 Å². The highest BCUT2D eigenvalue weighted by Crippen LogP contribution is 2.49. The Balaban J connectivity index is 0.000000211. The monoisotopic (exact) mass is 395 g/mol. The van der Waals surface area contributed by atoms with Gasteiger partial charge in [0.15, 0.2) is 5.69 Å². The smallest absolute Gasteiger partial charge is 0.416 e. The predicted molar refractivity (Wildman–Crippen MR) is 96.9 cm³/mol. The molecule has 0 bridgehead atoms. The summed E-state index contributed by atoms with van der Waals surface area (Å²) in [7, 11) is 1.72. The summed E-state index contributed by atoms with van der Waals surface area (Å²) >= 11 is 0. The second-order valence-corrected chi connectivity index (χ2v) is 7.10. The lowest BCUT2D eigenvalue weighted by molar-refractivity contribution is -0.138. The normalized spacial score (nSPS) is 22.9.